The summed E-state index contributed by atoms with van der Waals surface area (Å²) < 4.78 is 26.9. The number of nitrogen functional groups attached to an aromatic ring is 1. The number of aromatic nitrogens is 2. The van der Waals surface area contributed by atoms with Gasteiger partial charge in [0, 0.05) is 36.8 Å². The Labute approximate surface area is 197 Å². The van der Waals surface area contributed by atoms with Crippen LogP contribution < -0.4 is 11.1 Å². The first-order chi connectivity index (χ1) is 15.7. The van der Waals surface area contributed by atoms with Crippen LogP contribution in [-0.4, -0.2) is 48.7 Å². The molecule has 0 radical (unpaired) electrons. The van der Waals surface area contributed by atoms with Gasteiger partial charge in [0.1, 0.15) is 16.4 Å². The Bertz CT molecular complexity index is 1340. The standard InChI is InChI=1S/C23H24ClN5O3S/c1-3-10-29(2)33(31,32)20-7-5-15(12-18(20)24)19-13-27-22(25)21(28-19)16-4-6-17-14(11-16)8-9-26-23(17)30/h4-7,11-13H,3,8-10H2,1-2H3,(H2,25,27)(H,26,30). The normalized spacial score (nSPS) is 13.6. The molecule has 0 unspecified atom stereocenters. The zero-order valence-corrected chi connectivity index (χ0v) is 19.9. The lowest BCUT2D eigenvalue weighted by molar-refractivity contribution is 0.0946. The predicted molar refractivity (Wildman–Crippen MR) is 128 cm³/mol. The summed E-state index contributed by atoms with van der Waals surface area (Å²) in [5.41, 5.74) is 10.0. The molecule has 33 heavy (non-hydrogen) atoms. The second-order valence-corrected chi connectivity index (χ2v) is 10.3. The number of nitrogens with zero attached hydrogens (tertiary/aromatic N) is 3. The van der Waals surface area contributed by atoms with Crippen molar-refractivity contribution >= 4 is 33.3 Å². The average Bonchev–Trinajstić information content (AvgIpc) is 2.79. The van der Waals surface area contributed by atoms with Crippen molar-refractivity contribution in [3.05, 3.63) is 58.7 Å². The summed E-state index contributed by atoms with van der Waals surface area (Å²) in [5, 5.41) is 2.93. The van der Waals surface area contributed by atoms with Crippen LogP contribution in [0.4, 0.5) is 5.82 Å². The summed E-state index contributed by atoms with van der Waals surface area (Å²) in [6, 6.07) is 10.2. The molecular weight excluding hydrogens is 462 g/mol. The highest BCUT2D eigenvalue weighted by Crippen LogP contribution is 2.32. The van der Waals surface area contributed by atoms with Crippen molar-refractivity contribution in [1.82, 2.24) is 19.6 Å². The smallest absolute Gasteiger partial charge is 0.251 e. The number of anilines is 1. The van der Waals surface area contributed by atoms with Crippen LogP contribution in [0, 0.1) is 0 Å². The van der Waals surface area contributed by atoms with Gasteiger partial charge in [-0.3, -0.25) is 4.79 Å². The van der Waals surface area contributed by atoms with Crippen molar-refractivity contribution < 1.29 is 13.2 Å². The van der Waals surface area contributed by atoms with Gasteiger partial charge in [-0.1, -0.05) is 30.7 Å². The molecule has 2 heterocycles. The lowest BCUT2D eigenvalue weighted by Crippen LogP contribution is -2.31. The van der Waals surface area contributed by atoms with Crippen LogP contribution in [0.2, 0.25) is 5.02 Å². The van der Waals surface area contributed by atoms with Gasteiger partial charge < -0.3 is 11.1 Å². The van der Waals surface area contributed by atoms with E-state index >= 15 is 0 Å². The summed E-state index contributed by atoms with van der Waals surface area (Å²) in [6.07, 6.45) is 2.94. The molecule has 0 fully saturated rings. The molecule has 1 aromatic heterocycles. The van der Waals surface area contributed by atoms with E-state index in [1.165, 1.54) is 23.6 Å². The number of halogens is 1. The molecule has 0 spiro atoms. The third-order valence-corrected chi connectivity index (χ3v) is 7.90. The van der Waals surface area contributed by atoms with Crippen molar-refractivity contribution in [1.29, 1.82) is 0 Å². The number of rotatable bonds is 6. The second-order valence-electron chi connectivity index (χ2n) is 7.84. The molecule has 0 bridgehead atoms. The van der Waals surface area contributed by atoms with E-state index in [9.17, 15) is 13.2 Å². The number of hydrogen-bond donors (Lipinski definition) is 2. The van der Waals surface area contributed by atoms with E-state index in [0.717, 1.165) is 17.5 Å². The van der Waals surface area contributed by atoms with E-state index in [0.29, 0.717) is 42.0 Å². The maximum Gasteiger partial charge on any atom is 0.251 e. The Hall–Kier alpha value is -3.01. The average molecular weight is 486 g/mol. The Morgan fingerprint density at radius 2 is 1.94 bits per heavy atom. The van der Waals surface area contributed by atoms with E-state index in [1.807, 2.05) is 13.0 Å². The van der Waals surface area contributed by atoms with E-state index in [-0.39, 0.29) is 21.6 Å². The monoisotopic (exact) mass is 485 g/mol. The molecule has 172 valence electrons. The van der Waals surface area contributed by atoms with Crippen molar-refractivity contribution in [3.8, 4) is 22.5 Å². The summed E-state index contributed by atoms with van der Waals surface area (Å²) in [7, 11) is -2.16. The van der Waals surface area contributed by atoms with Crippen LogP contribution in [0.25, 0.3) is 22.5 Å². The molecule has 4 rings (SSSR count). The number of nitrogens with two attached hydrogens (primary N) is 1. The van der Waals surface area contributed by atoms with Gasteiger partial charge in [-0.25, -0.2) is 22.7 Å². The second kappa shape index (κ2) is 9.09. The van der Waals surface area contributed by atoms with Crippen LogP contribution >= 0.6 is 11.6 Å². The van der Waals surface area contributed by atoms with Crippen molar-refractivity contribution in [2.24, 2.45) is 0 Å². The summed E-state index contributed by atoms with van der Waals surface area (Å²) in [6.45, 7) is 2.89. The van der Waals surface area contributed by atoms with Crippen LogP contribution in [0.3, 0.4) is 0 Å². The summed E-state index contributed by atoms with van der Waals surface area (Å²) in [5.74, 6) is 0.162. The maximum atomic E-state index is 12.8. The van der Waals surface area contributed by atoms with Crippen molar-refractivity contribution in [3.63, 3.8) is 0 Å². The molecule has 0 saturated carbocycles. The van der Waals surface area contributed by atoms with Gasteiger partial charge in [0.15, 0.2) is 0 Å². The Kier molecular flexibility index (Phi) is 6.38. The van der Waals surface area contributed by atoms with Gasteiger partial charge in [0.2, 0.25) is 10.0 Å². The largest absolute Gasteiger partial charge is 0.382 e. The number of nitrogens with one attached hydrogen (secondary N) is 1. The van der Waals surface area contributed by atoms with Gasteiger partial charge in [0.25, 0.3) is 5.91 Å². The number of benzene rings is 2. The zero-order chi connectivity index (χ0) is 23.8. The first-order valence-corrected chi connectivity index (χ1v) is 12.3. The third-order valence-electron chi connectivity index (χ3n) is 5.56. The number of amides is 1. The van der Waals surface area contributed by atoms with Gasteiger partial charge in [0.05, 0.1) is 16.9 Å². The minimum absolute atomic E-state index is 0.0421. The molecule has 1 amide bonds. The van der Waals surface area contributed by atoms with Crippen LogP contribution in [0.15, 0.2) is 47.5 Å². The highest BCUT2D eigenvalue weighted by molar-refractivity contribution is 7.89. The first kappa shape index (κ1) is 23.2. The minimum atomic E-state index is -3.69. The molecule has 2 aromatic carbocycles. The van der Waals surface area contributed by atoms with Crippen LogP contribution in [0.5, 0.6) is 0 Å². The van der Waals surface area contributed by atoms with Crippen LogP contribution in [-0.2, 0) is 16.4 Å². The quantitative estimate of drug-likeness (QED) is 0.552. The van der Waals surface area contributed by atoms with E-state index in [2.05, 4.69) is 15.3 Å². The summed E-state index contributed by atoms with van der Waals surface area (Å²) >= 11 is 6.37. The Morgan fingerprint density at radius 3 is 2.67 bits per heavy atom. The molecule has 0 atom stereocenters. The SMILES string of the molecule is CCCN(C)S(=O)(=O)c1ccc(-c2cnc(N)c(-c3ccc4c(c3)CCNC4=O)n2)cc1Cl. The molecule has 0 saturated heterocycles. The molecule has 0 aliphatic carbocycles. The van der Waals surface area contributed by atoms with Gasteiger partial charge in [-0.2, -0.15) is 0 Å². The molecule has 8 nitrogen and oxygen atoms in total. The molecule has 3 aromatic rings. The first-order valence-electron chi connectivity index (χ1n) is 10.5. The van der Waals surface area contributed by atoms with E-state index in [1.54, 1.807) is 24.3 Å². The maximum absolute atomic E-state index is 12.8. The van der Waals surface area contributed by atoms with Crippen molar-refractivity contribution in [2.75, 3.05) is 25.9 Å². The fraction of sp³-hybridized carbons (Fsp3) is 0.261. The fourth-order valence-corrected chi connectivity index (χ4v) is 5.57. The molecule has 10 heteroatoms. The summed E-state index contributed by atoms with van der Waals surface area (Å²) in [4.78, 5) is 21.0. The molecule has 3 N–H and O–H groups in total. The highest BCUT2D eigenvalue weighted by atomic mass is 35.5. The highest BCUT2D eigenvalue weighted by Gasteiger charge is 2.24. The zero-order valence-electron chi connectivity index (χ0n) is 18.3. The Morgan fingerprint density at radius 1 is 1.18 bits per heavy atom. The van der Waals surface area contributed by atoms with Gasteiger partial charge in [-0.05, 0) is 42.7 Å². The molecule has 1 aliphatic rings. The van der Waals surface area contributed by atoms with E-state index in [4.69, 9.17) is 17.3 Å². The molecule has 1 aliphatic heterocycles. The predicted octanol–water partition coefficient (Wildman–Crippen LogP) is 3.36. The fourth-order valence-electron chi connectivity index (χ4n) is 3.80. The van der Waals surface area contributed by atoms with Crippen molar-refractivity contribution in [2.45, 2.75) is 24.7 Å². The van der Waals surface area contributed by atoms with Crippen LogP contribution in [0.1, 0.15) is 29.3 Å². The lowest BCUT2D eigenvalue weighted by Gasteiger charge is -2.18. The van der Waals surface area contributed by atoms with Gasteiger partial charge >= 0.3 is 0 Å². The number of carbonyl (C=O) groups excluding carboxylic acids is 1. The number of fused-ring (bicyclic) bond motifs is 1. The van der Waals surface area contributed by atoms with Gasteiger partial charge in [-0.15, -0.1) is 0 Å². The molecular formula is C23H24ClN5O3S. The number of sulfonamides is 1. The Balaban J connectivity index is 1.71. The van der Waals surface area contributed by atoms with E-state index < -0.39 is 10.0 Å². The minimum Gasteiger partial charge on any atom is -0.382 e. The lowest BCUT2D eigenvalue weighted by atomic mass is 9.96. The third kappa shape index (κ3) is 4.44. The number of hydrogen-bond acceptors (Lipinski definition) is 6. The number of carbonyl (C=O) groups is 1. The topological polar surface area (TPSA) is 118 Å².